The molecule has 1 amide bonds. The Morgan fingerprint density at radius 3 is 2.77 bits per heavy atom. The lowest BCUT2D eigenvalue weighted by Gasteiger charge is -2.35. The summed E-state index contributed by atoms with van der Waals surface area (Å²) in [5.74, 6) is -1.28. The van der Waals surface area contributed by atoms with Gasteiger partial charge in [-0.1, -0.05) is 6.92 Å². The lowest BCUT2D eigenvalue weighted by molar-refractivity contribution is -0.172. The van der Waals surface area contributed by atoms with Gasteiger partial charge < -0.3 is 24.4 Å². The van der Waals surface area contributed by atoms with Gasteiger partial charge in [-0.15, -0.1) is 0 Å². The van der Waals surface area contributed by atoms with Crippen LogP contribution in [-0.2, 0) is 39.5 Å². The highest BCUT2D eigenvalue weighted by atomic mass is 19.1. The van der Waals surface area contributed by atoms with Crippen molar-refractivity contribution in [3.8, 4) is 11.4 Å². The van der Waals surface area contributed by atoms with Gasteiger partial charge in [0.1, 0.15) is 12.4 Å². The lowest BCUT2D eigenvalue weighted by atomic mass is 9.81. The van der Waals surface area contributed by atoms with Gasteiger partial charge in [0, 0.05) is 42.7 Å². The van der Waals surface area contributed by atoms with Gasteiger partial charge in [-0.25, -0.2) is 14.2 Å². The highest BCUT2D eigenvalue weighted by Gasteiger charge is 2.46. The number of fused-ring (bicyclic) bond motifs is 5. The predicted octanol–water partition coefficient (Wildman–Crippen LogP) is 2.75. The maximum atomic E-state index is 15.0. The molecule has 6 rings (SSSR count). The van der Waals surface area contributed by atoms with E-state index >= 15 is 4.39 Å². The summed E-state index contributed by atoms with van der Waals surface area (Å²) in [7, 11) is 1.74. The molecule has 2 atom stereocenters. The monoisotopic (exact) mass is 535 g/mol. The molecule has 2 aromatic heterocycles. The topological polar surface area (TPSA) is 122 Å². The molecule has 9 nitrogen and oxygen atoms in total. The molecule has 2 aliphatic heterocycles. The molecule has 0 fully saturated rings. The van der Waals surface area contributed by atoms with Gasteiger partial charge >= 0.3 is 5.97 Å². The Morgan fingerprint density at radius 2 is 2.05 bits per heavy atom. The summed E-state index contributed by atoms with van der Waals surface area (Å²) in [4.78, 5) is 45.8. The average molecular weight is 536 g/mol. The fourth-order valence-corrected chi connectivity index (χ4v) is 6.50. The molecular formula is C29H30FN3O6. The van der Waals surface area contributed by atoms with E-state index in [0.29, 0.717) is 41.7 Å². The number of rotatable bonds is 5. The first kappa shape index (κ1) is 25.6. The second kappa shape index (κ2) is 8.96. The minimum absolute atomic E-state index is 0.0294. The van der Waals surface area contributed by atoms with Crippen molar-refractivity contribution in [2.24, 2.45) is 0 Å². The Balaban J connectivity index is 1.62. The van der Waals surface area contributed by atoms with Crippen molar-refractivity contribution >= 4 is 22.8 Å². The SMILES string of the molecule is CC[C@@]1(O)C(=O)OCc2c1cc1n(c2=O)Cc2c-1nc1cc(F)c(C)c3c1c2[C@@H](N(C)C(=O)CCCO)CC3. The zero-order valence-electron chi connectivity index (χ0n) is 22.1. The molecule has 0 unspecified atom stereocenters. The van der Waals surface area contributed by atoms with Crippen molar-refractivity contribution in [3.63, 3.8) is 0 Å². The van der Waals surface area contributed by atoms with E-state index in [1.165, 1.54) is 6.07 Å². The van der Waals surface area contributed by atoms with Crippen LogP contribution in [-0.4, -0.2) is 50.2 Å². The average Bonchev–Trinajstić information content (AvgIpc) is 3.30. The number of hydrogen-bond acceptors (Lipinski definition) is 7. The van der Waals surface area contributed by atoms with Crippen LogP contribution in [0.1, 0.15) is 72.0 Å². The van der Waals surface area contributed by atoms with Crippen molar-refractivity contribution in [3.05, 3.63) is 61.7 Å². The van der Waals surface area contributed by atoms with E-state index in [4.69, 9.17) is 9.72 Å². The van der Waals surface area contributed by atoms with Crippen LogP contribution < -0.4 is 5.56 Å². The van der Waals surface area contributed by atoms with Gasteiger partial charge in [-0.05, 0) is 55.4 Å². The van der Waals surface area contributed by atoms with Crippen molar-refractivity contribution < 1.29 is 28.9 Å². The third kappa shape index (κ3) is 3.50. The van der Waals surface area contributed by atoms with E-state index in [0.717, 1.165) is 22.1 Å². The van der Waals surface area contributed by atoms with Crippen molar-refractivity contribution in [2.75, 3.05) is 13.7 Å². The van der Waals surface area contributed by atoms with E-state index in [9.17, 15) is 24.6 Å². The van der Waals surface area contributed by atoms with E-state index in [1.54, 1.807) is 36.4 Å². The van der Waals surface area contributed by atoms with E-state index in [1.807, 2.05) is 0 Å². The number of carbonyl (C=O) groups excluding carboxylic acids is 2. The third-order valence-corrected chi connectivity index (χ3v) is 8.76. The first-order valence-electron chi connectivity index (χ1n) is 13.3. The molecule has 0 radical (unpaired) electrons. The minimum atomic E-state index is -1.95. The van der Waals surface area contributed by atoms with Crippen LogP contribution in [0.2, 0.25) is 0 Å². The molecule has 4 heterocycles. The molecule has 0 saturated carbocycles. The highest BCUT2D eigenvalue weighted by molar-refractivity contribution is 5.94. The van der Waals surface area contributed by atoms with Crippen molar-refractivity contribution in [1.82, 2.24) is 14.5 Å². The maximum Gasteiger partial charge on any atom is 0.343 e. The number of amides is 1. The molecule has 3 aromatic rings. The molecule has 2 N–H and O–H groups in total. The molecule has 3 aliphatic rings. The summed E-state index contributed by atoms with van der Waals surface area (Å²) < 4.78 is 21.8. The molecule has 0 spiro atoms. The number of aryl methyl sites for hydroxylation is 1. The Bertz CT molecular complexity index is 1650. The van der Waals surface area contributed by atoms with Crippen LogP contribution in [0.4, 0.5) is 4.39 Å². The van der Waals surface area contributed by atoms with Crippen LogP contribution in [0.15, 0.2) is 16.9 Å². The number of hydrogen-bond donors (Lipinski definition) is 2. The van der Waals surface area contributed by atoms with Gasteiger partial charge in [-0.3, -0.25) is 9.59 Å². The summed E-state index contributed by atoms with van der Waals surface area (Å²) in [6.45, 7) is 3.27. The summed E-state index contributed by atoms with van der Waals surface area (Å²) >= 11 is 0. The minimum Gasteiger partial charge on any atom is -0.458 e. The molecule has 0 saturated heterocycles. The number of aliphatic hydroxyl groups excluding tert-OH is 1. The Hall–Kier alpha value is -3.63. The van der Waals surface area contributed by atoms with E-state index < -0.39 is 11.6 Å². The first-order valence-corrected chi connectivity index (χ1v) is 13.3. The number of benzene rings is 1. The Morgan fingerprint density at radius 1 is 1.28 bits per heavy atom. The standard InChI is InChI=1S/C29H30FN3O6/c1-4-29(38)18-10-22-26-16(12-33(22)27(36)17(18)13-39-28(29)37)25-21(32(3)23(35)6-5-9-34)8-7-15-14(2)19(30)11-20(31-26)24(15)25/h10-11,21,34,38H,4-9,12-13H2,1-3H3/t21-,29-/m0/s1. The Kier molecular flexibility index (Phi) is 5.89. The van der Waals surface area contributed by atoms with Crippen LogP contribution in [0.5, 0.6) is 0 Å². The van der Waals surface area contributed by atoms with E-state index in [2.05, 4.69) is 0 Å². The Labute approximate surface area is 223 Å². The normalized spacial score (nSPS) is 20.9. The van der Waals surface area contributed by atoms with Gasteiger partial charge in [0.2, 0.25) is 5.91 Å². The van der Waals surface area contributed by atoms with Crippen LogP contribution in [0.3, 0.4) is 0 Å². The number of nitrogens with zero attached hydrogens (tertiary/aromatic N) is 3. The van der Waals surface area contributed by atoms with Crippen molar-refractivity contribution in [1.29, 1.82) is 0 Å². The zero-order valence-corrected chi connectivity index (χ0v) is 22.1. The first-order chi connectivity index (χ1) is 18.6. The number of esters is 1. The molecule has 1 aliphatic carbocycles. The number of cyclic esters (lactones) is 1. The number of carbonyl (C=O) groups is 2. The quantitative estimate of drug-likeness (QED) is 0.377. The zero-order chi connectivity index (χ0) is 27.8. The molecular weight excluding hydrogens is 505 g/mol. The number of halogens is 1. The van der Waals surface area contributed by atoms with Crippen LogP contribution >= 0.6 is 0 Å². The van der Waals surface area contributed by atoms with Crippen LogP contribution in [0.25, 0.3) is 22.3 Å². The van der Waals surface area contributed by atoms with Gasteiger partial charge in [0.05, 0.1) is 35.1 Å². The molecule has 1 aromatic carbocycles. The van der Waals surface area contributed by atoms with Crippen LogP contribution in [0, 0.1) is 12.7 Å². The predicted molar refractivity (Wildman–Crippen MR) is 139 cm³/mol. The molecule has 0 bridgehead atoms. The smallest absolute Gasteiger partial charge is 0.343 e. The largest absolute Gasteiger partial charge is 0.458 e. The van der Waals surface area contributed by atoms with Gasteiger partial charge in [0.25, 0.3) is 5.56 Å². The van der Waals surface area contributed by atoms with E-state index in [-0.39, 0.29) is 67.1 Å². The summed E-state index contributed by atoms with van der Waals surface area (Å²) in [5.41, 5.74) is 2.48. The number of aliphatic hydroxyl groups is 2. The number of pyridine rings is 2. The van der Waals surface area contributed by atoms with Gasteiger partial charge in [-0.2, -0.15) is 0 Å². The summed E-state index contributed by atoms with van der Waals surface area (Å²) in [6.07, 6.45) is 1.73. The molecule has 10 heteroatoms. The second-order valence-corrected chi connectivity index (χ2v) is 10.7. The second-order valence-electron chi connectivity index (χ2n) is 10.7. The van der Waals surface area contributed by atoms with Crippen molar-refractivity contribution in [2.45, 2.75) is 70.7 Å². The third-order valence-electron chi connectivity index (χ3n) is 8.76. The molecule has 204 valence electrons. The lowest BCUT2D eigenvalue weighted by Crippen LogP contribution is -2.44. The number of ether oxygens (including phenoxy) is 1. The van der Waals surface area contributed by atoms with Gasteiger partial charge in [0.15, 0.2) is 5.60 Å². The highest BCUT2D eigenvalue weighted by Crippen LogP contribution is 2.47. The fourth-order valence-electron chi connectivity index (χ4n) is 6.50. The maximum absolute atomic E-state index is 15.0. The summed E-state index contributed by atoms with van der Waals surface area (Å²) in [6, 6.07) is 2.70. The summed E-state index contributed by atoms with van der Waals surface area (Å²) in [5, 5.41) is 21.2. The molecule has 39 heavy (non-hydrogen) atoms. The number of aromatic nitrogens is 2. The fraction of sp³-hybridized carbons (Fsp3) is 0.448.